The van der Waals surface area contributed by atoms with Gasteiger partial charge in [-0.3, -0.25) is 9.59 Å². The first-order chi connectivity index (χ1) is 9.58. The van der Waals surface area contributed by atoms with Crippen molar-refractivity contribution in [2.24, 2.45) is 5.92 Å². The zero-order valence-electron chi connectivity index (χ0n) is 11.5. The molecule has 5 heteroatoms. The Bertz CT molecular complexity index is 603. The highest BCUT2D eigenvalue weighted by Crippen LogP contribution is 2.07. The van der Waals surface area contributed by atoms with Gasteiger partial charge in [0.15, 0.2) is 5.78 Å². The number of aromatic nitrogens is 2. The lowest BCUT2D eigenvalue weighted by atomic mass is 10.1. The summed E-state index contributed by atoms with van der Waals surface area (Å²) in [4.78, 5) is 23.4. The maximum Gasteiger partial charge on any atom is 0.254 e. The van der Waals surface area contributed by atoms with E-state index in [1.807, 2.05) is 44.2 Å². The second-order valence-electron chi connectivity index (χ2n) is 4.81. The molecule has 0 unspecified atom stereocenters. The first-order valence-corrected chi connectivity index (χ1v) is 6.49. The molecule has 1 N–H and O–H groups in total. The fraction of sp³-hybridized carbons (Fsp3) is 0.267. The summed E-state index contributed by atoms with van der Waals surface area (Å²) < 4.78 is 1.62. The maximum atomic E-state index is 11.9. The fourth-order valence-electron chi connectivity index (χ4n) is 1.64. The molecule has 5 nitrogen and oxygen atoms in total. The Morgan fingerprint density at radius 3 is 2.60 bits per heavy atom. The van der Waals surface area contributed by atoms with Crippen LogP contribution in [0.4, 0.5) is 0 Å². The molecule has 0 spiro atoms. The minimum Gasteiger partial charge on any atom is -0.345 e. The molecule has 0 bridgehead atoms. The van der Waals surface area contributed by atoms with Gasteiger partial charge in [-0.1, -0.05) is 32.0 Å². The summed E-state index contributed by atoms with van der Waals surface area (Å²) in [6, 6.07) is 9.52. The van der Waals surface area contributed by atoms with E-state index >= 15 is 0 Å². The molecule has 104 valence electrons. The minimum atomic E-state index is -0.291. The molecule has 0 fully saturated rings. The number of nitrogens with one attached hydrogen (secondary N) is 1. The minimum absolute atomic E-state index is 0.00815. The molecule has 0 radical (unpaired) electrons. The van der Waals surface area contributed by atoms with Crippen LogP contribution in [0.1, 0.15) is 24.2 Å². The van der Waals surface area contributed by atoms with Crippen LogP contribution in [0.15, 0.2) is 42.7 Å². The summed E-state index contributed by atoms with van der Waals surface area (Å²) in [7, 11) is 0. The highest BCUT2D eigenvalue weighted by atomic mass is 16.2. The predicted octanol–water partition coefficient (Wildman–Crippen LogP) is 1.83. The van der Waals surface area contributed by atoms with Gasteiger partial charge in [0.1, 0.15) is 0 Å². The Balaban J connectivity index is 2.02. The molecule has 0 saturated heterocycles. The SMILES string of the molecule is CC(C)C(=O)CNC(=O)c1cnn(-c2ccccc2)c1. The summed E-state index contributed by atoms with van der Waals surface area (Å²) >= 11 is 0. The standard InChI is InChI=1S/C15H17N3O2/c1-11(2)14(19)9-16-15(20)12-8-17-18(10-12)13-6-4-3-5-7-13/h3-8,10-11H,9H2,1-2H3,(H,16,20). The third kappa shape index (κ3) is 3.32. The normalized spacial score (nSPS) is 10.6. The highest BCUT2D eigenvalue weighted by molar-refractivity contribution is 5.96. The number of carbonyl (C=O) groups is 2. The number of nitrogens with zero attached hydrogens (tertiary/aromatic N) is 2. The van der Waals surface area contributed by atoms with E-state index < -0.39 is 0 Å². The average Bonchev–Trinajstić information content (AvgIpc) is 2.95. The van der Waals surface area contributed by atoms with Gasteiger partial charge in [-0.15, -0.1) is 0 Å². The number of Topliss-reactive ketones (excluding diaryl/α,β-unsaturated/α-hetero) is 1. The smallest absolute Gasteiger partial charge is 0.254 e. The lowest BCUT2D eigenvalue weighted by Gasteiger charge is -2.05. The Morgan fingerprint density at radius 1 is 1.25 bits per heavy atom. The third-order valence-corrected chi connectivity index (χ3v) is 2.93. The van der Waals surface area contributed by atoms with Gasteiger partial charge in [-0.2, -0.15) is 5.10 Å². The van der Waals surface area contributed by atoms with E-state index in [1.165, 1.54) is 6.20 Å². The number of hydrogen-bond donors (Lipinski definition) is 1. The number of rotatable bonds is 5. The summed E-state index contributed by atoms with van der Waals surface area (Å²) in [6.07, 6.45) is 3.13. The number of carbonyl (C=O) groups excluding carboxylic acids is 2. The van der Waals surface area contributed by atoms with Crippen molar-refractivity contribution in [3.63, 3.8) is 0 Å². The van der Waals surface area contributed by atoms with Gasteiger partial charge in [-0.25, -0.2) is 4.68 Å². The van der Waals surface area contributed by atoms with Crippen LogP contribution in [-0.4, -0.2) is 28.0 Å². The van der Waals surface area contributed by atoms with Gasteiger partial charge in [-0.05, 0) is 12.1 Å². The van der Waals surface area contributed by atoms with Crippen molar-refractivity contribution < 1.29 is 9.59 Å². The van der Waals surface area contributed by atoms with E-state index in [1.54, 1.807) is 10.9 Å². The van der Waals surface area contributed by atoms with Crippen LogP contribution >= 0.6 is 0 Å². The van der Waals surface area contributed by atoms with Crippen LogP contribution in [0, 0.1) is 5.92 Å². The monoisotopic (exact) mass is 271 g/mol. The van der Waals surface area contributed by atoms with Crippen LogP contribution in [0.3, 0.4) is 0 Å². The lowest BCUT2D eigenvalue weighted by Crippen LogP contribution is -2.31. The topological polar surface area (TPSA) is 64.0 Å². The predicted molar refractivity (Wildman–Crippen MR) is 75.7 cm³/mol. The Morgan fingerprint density at radius 2 is 1.95 bits per heavy atom. The lowest BCUT2D eigenvalue weighted by molar-refractivity contribution is -0.120. The molecule has 2 aromatic rings. The van der Waals surface area contributed by atoms with Crippen molar-refractivity contribution in [3.05, 3.63) is 48.3 Å². The Kier molecular flexibility index (Phi) is 4.30. The molecule has 0 aliphatic carbocycles. The molecule has 0 aliphatic rings. The molecule has 1 aromatic carbocycles. The van der Waals surface area contributed by atoms with Crippen LogP contribution in [0.5, 0.6) is 0 Å². The number of hydrogen-bond acceptors (Lipinski definition) is 3. The van der Waals surface area contributed by atoms with E-state index in [9.17, 15) is 9.59 Å². The largest absolute Gasteiger partial charge is 0.345 e. The number of ketones is 1. The average molecular weight is 271 g/mol. The Hall–Kier alpha value is -2.43. The highest BCUT2D eigenvalue weighted by Gasteiger charge is 2.12. The number of benzene rings is 1. The summed E-state index contributed by atoms with van der Waals surface area (Å²) in [6.45, 7) is 3.66. The van der Waals surface area contributed by atoms with Crippen molar-refractivity contribution in [2.45, 2.75) is 13.8 Å². The molecule has 0 saturated carbocycles. The zero-order chi connectivity index (χ0) is 14.5. The van der Waals surface area contributed by atoms with Crippen LogP contribution < -0.4 is 5.32 Å². The first-order valence-electron chi connectivity index (χ1n) is 6.49. The molecule has 1 aromatic heterocycles. The maximum absolute atomic E-state index is 11.9. The van der Waals surface area contributed by atoms with E-state index in [2.05, 4.69) is 10.4 Å². The summed E-state index contributed by atoms with van der Waals surface area (Å²) in [5.74, 6) is -0.364. The van der Waals surface area contributed by atoms with Crippen LogP contribution in [0.25, 0.3) is 5.69 Å². The van der Waals surface area contributed by atoms with Gasteiger partial charge < -0.3 is 5.32 Å². The van der Waals surface area contributed by atoms with Crippen molar-refractivity contribution in [1.82, 2.24) is 15.1 Å². The van der Waals surface area contributed by atoms with Crippen LogP contribution in [-0.2, 0) is 4.79 Å². The third-order valence-electron chi connectivity index (χ3n) is 2.93. The molecular formula is C15H17N3O2. The van der Waals surface area contributed by atoms with Crippen molar-refractivity contribution in [2.75, 3.05) is 6.54 Å². The van der Waals surface area contributed by atoms with E-state index in [0.29, 0.717) is 5.56 Å². The number of para-hydroxylation sites is 1. The molecule has 1 heterocycles. The van der Waals surface area contributed by atoms with E-state index in [4.69, 9.17) is 0 Å². The van der Waals surface area contributed by atoms with Gasteiger partial charge in [0, 0.05) is 12.1 Å². The van der Waals surface area contributed by atoms with E-state index in [0.717, 1.165) is 5.69 Å². The second-order valence-corrected chi connectivity index (χ2v) is 4.81. The molecule has 0 atom stereocenters. The van der Waals surface area contributed by atoms with E-state index in [-0.39, 0.29) is 24.2 Å². The molecule has 2 rings (SSSR count). The quantitative estimate of drug-likeness (QED) is 0.902. The second kappa shape index (κ2) is 6.14. The van der Waals surface area contributed by atoms with Gasteiger partial charge in [0.05, 0.1) is 24.0 Å². The van der Waals surface area contributed by atoms with Gasteiger partial charge in [0.2, 0.25) is 0 Å². The summed E-state index contributed by atoms with van der Waals surface area (Å²) in [5, 5.41) is 6.74. The Labute approximate surface area is 117 Å². The van der Waals surface area contributed by atoms with Crippen molar-refractivity contribution >= 4 is 11.7 Å². The van der Waals surface area contributed by atoms with Gasteiger partial charge in [0.25, 0.3) is 5.91 Å². The molecule has 20 heavy (non-hydrogen) atoms. The van der Waals surface area contributed by atoms with Crippen LogP contribution in [0.2, 0.25) is 0 Å². The molecule has 1 amide bonds. The first kappa shape index (κ1) is 14.0. The van der Waals surface area contributed by atoms with Crippen molar-refractivity contribution in [3.8, 4) is 5.69 Å². The van der Waals surface area contributed by atoms with Crippen molar-refractivity contribution in [1.29, 1.82) is 0 Å². The molecule has 0 aliphatic heterocycles. The zero-order valence-corrected chi connectivity index (χ0v) is 11.5. The summed E-state index contributed by atoms with van der Waals surface area (Å²) in [5.41, 5.74) is 1.32. The van der Waals surface area contributed by atoms with Gasteiger partial charge >= 0.3 is 0 Å². The number of amides is 1. The fourth-order valence-corrected chi connectivity index (χ4v) is 1.64. The molecular weight excluding hydrogens is 254 g/mol.